The van der Waals surface area contributed by atoms with Crippen molar-refractivity contribution in [3.8, 4) is 0 Å². The summed E-state index contributed by atoms with van der Waals surface area (Å²) < 4.78 is 5.24. The van der Waals surface area contributed by atoms with Crippen molar-refractivity contribution < 1.29 is 29.0 Å². The zero-order chi connectivity index (χ0) is 26.5. The maximum Gasteiger partial charge on any atom is 0.408 e. The number of carbonyl (C=O) groups is 4. The minimum absolute atomic E-state index is 0.0443. The molecule has 9 nitrogen and oxygen atoms in total. The molecular weight excluding hydrogens is 450 g/mol. The van der Waals surface area contributed by atoms with Crippen molar-refractivity contribution >= 4 is 23.9 Å². The second-order valence-corrected chi connectivity index (χ2v) is 9.64. The first-order valence-corrected chi connectivity index (χ1v) is 11.8. The molecule has 1 aromatic rings. The summed E-state index contributed by atoms with van der Waals surface area (Å²) in [4.78, 5) is 49.9. The van der Waals surface area contributed by atoms with E-state index in [9.17, 15) is 24.3 Å². The van der Waals surface area contributed by atoms with E-state index in [1.165, 1.54) is 0 Å². The summed E-state index contributed by atoms with van der Waals surface area (Å²) in [5, 5.41) is 17.2. The number of nitrogens with one attached hydrogen (secondary N) is 3. The van der Waals surface area contributed by atoms with Gasteiger partial charge in [-0.05, 0) is 43.6 Å². The van der Waals surface area contributed by atoms with E-state index < -0.39 is 42.0 Å². The average molecular weight is 490 g/mol. The van der Waals surface area contributed by atoms with Gasteiger partial charge in [-0.25, -0.2) is 9.59 Å². The van der Waals surface area contributed by atoms with Crippen LogP contribution in [0.4, 0.5) is 4.79 Å². The molecular formula is C26H39N3O6. The molecule has 3 atom stereocenters. The lowest BCUT2D eigenvalue weighted by molar-refractivity contribution is -0.142. The van der Waals surface area contributed by atoms with Crippen LogP contribution in [0.25, 0.3) is 0 Å². The lowest BCUT2D eigenvalue weighted by Gasteiger charge is -2.26. The van der Waals surface area contributed by atoms with Crippen molar-refractivity contribution in [2.24, 2.45) is 11.8 Å². The minimum Gasteiger partial charge on any atom is -0.480 e. The lowest BCUT2D eigenvalue weighted by Crippen LogP contribution is -2.56. The summed E-state index contributed by atoms with van der Waals surface area (Å²) in [6.07, 6.45) is -0.0415. The molecule has 0 aromatic heterocycles. The van der Waals surface area contributed by atoms with E-state index in [1.54, 1.807) is 6.92 Å². The Kier molecular flexibility index (Phi) is 12.6. The highest BCUT2D eigenvalue weighted by Crippen LogP contribution is 2.11. The molecule has 1 unspecified atom stereocenters. The van der Waals surface area contributed by atoms with E-state index in [1.807, 2.05) is 58.0 Å². The van der Waals surface area contributed by atoms with Gasteiger partial charge in [0.15, 0.2) is 0 Å². The highest BCUT2D eigenvalue weighted by atomic mass is 16.5. The van der Waals surface area contributed by atoms with Crippen LogP contribution in [0.1, 0.15) is 59.4 Å². The Morgan fingerprint density at radius 3 is 1.80 bits per heavy atom. The standard InChI is InChI=1S/C26H39N3O6/c1-16(2)12-20(23(30)28-22(25(32)33)14-18(5)6)27-24(31)21(13-17(3)4)29-26(34)35-15-19-10-8-7-9-11-19/h7-11,16-17,20-22H,5,12-15H2,1-4,6H3,(H,27,31)(H,28,30)(H,29,34)(H,32,33)/t20-,21-,22?/m0/s1. The number of alkyl carbamates (subject to hydrolysis) is 1. The highest BCUT2D eigenvalue weighted by molar-refractivity contribution is 5.92. The molecule has 0 aliphatic rings. The third-order valence-corrected chi connectivity index (χ3v) is 5.04. The summed E-state index contributed by atoms with van der Waals surface area (Å²) in [5.41, 5.74) is 1.42. The molecule has 35 heavy (non-hydrogen) atoms. The minimum atomic E-state index is -1.18. The van der Waals surface area contributed by atoms with E-state index in [0.717, 1.165) is 5.56 Å². The van der Waals surface area contributed by atoms with Gasteiger partial charge in [0.25, 0.3) is 0 Å². The Morgan fingerprint density at radius 1 is 0.857 bits per heavy atom. The number of carbonyl (C=O) groups excluding carboxylic acids is 3. The van der Waals surface area contributed by atoms with Crippen LogP contribution in [0, 0.1) is 11.8 Å². The first kappa shape index (κ1) is 29.7. The van der Waals surface area contributed by atoms with E-state index in [-0.39, 0.29) is 24.9 Å². The fourth-order valence-corrected chi connectivity index (χ4v) is 3.41. The maximum absolute atomic E-state index is 13.1. The van der Waals surface area contributed by atoms with Crippen molar-refractivity contribution in [1.82, 2.24) is 16.0 Å². The summed E-state index contributed by atoms with van der Waals surface area (Å²) in [6, 6.07) is 6.11. The molecule has 9 heteroatoms. The van der Waals surface area contributed by atoms with Crippen LogP contribution in [0.5, 0.6) is 0 Å². The fraction of sp³-hybridized carbons (Fsp3) is 0.538. The Hall–Kier alpha value is -3.36. The molecule has 4 N–H and O–H groups in total. The quantitative estimate of drug-likeness (QED) is 0.296. The predicted molar refractivity (Wildman–Crippen MR) is 133 cm³/mol. The number of amides is 3. The Balaban J connectivity index is 2.89. The maximum atomic E-state index is 13.1. The molecule has 0 heterocycles. The number of rotatable bonds is 14. The van der Waals surface area contributed by atoms with Gasteiger partial charge in [-0.1, -0.05) is 63.6 Å². The number of ether oxygens (including phenoxy) is 1. The second kappa shape index (κ2) is 14.8. The molecule has 0 aliphatic carbocycles. The van der Waals surface area contributed by atoms with E-state index in [4.69, 9.17) is 4.74 Å². The van der Waals surface area contributed by atoms with Gasteiger partial charge in [-0.2, -0.15) is 0 Å². The van der Waals surface area contributed by atoms with Crippen molar-refractivity contribution in [2.45, 2.75) is 78.6 Å². The summed E-state index contributed by atoms with van der Waals surface area (Å²) in [7, 11) is 0. The van der Waals surface area contributed by atoms with E-state index in [0.29, 0.717) is 18.4 Å². The van der Waals surface area contributed by atoms with Crippen LogP contribution in [0.15, 0.2) is 42.5 Å². The van der Waals surface area contributed by atoms with Gasteiger partial charge in [0.2, 0.25) is 11.8 Å². The first-order chi connectivity index (χ1) is 16.4. The van der Waals surface area contributed by atoms with Crippen LogP contribution in [0.2, 0.25) is 0 Å². The topological polar surface area (TPSA) is 134 Å². The molecule has 0 saturated carbocycles. The van der Waals surface area contributed by atoms with Gasteiger partial charge in [-0.15, -0.1) is 6.58 Å². The van der Waals surface area contributed by atoms with Crippen LogP contribution in [0.3, 0.4) is 0 Å². The van der Waals surface area contributed by atoms with Gasteiger partial charge in [0.1, 0.15) is 24.7 Å². The number of benzene rings is 1. The van der Waals surface area contributed by atoms with Gasteiger partial charge < -0.3 is 25.8 Å². The number of aliphatic carboxylic acids is 1. The number of hydrogen-bond acceptors (Lipinski definition) is 5. The van der Waals surface area contributed by atoms with Crippen LogP contribution < -0.4 is 16.0 Å². The highest BCUT2D eigenvalue weighted by Gasteiger charge is 2.30. The molecule has 194 valence electrons. The van der Waals surface area contributed by atoms with Crippen LogP contribution in [-0.2, 0) is 25.7 Å². The molecule has 0 aliphatic heterocycles. The summed E-state index contributed by atoms with van der Waals surface area (Å²) in [6.45, 7) is 13.0. The van der Waals surface area contributed by atoms with Gasteiger partial charge in [0.05, 0.1) is 0 Å². The molecule has 0 spiro atoms. The summed E-state index contributed by atoms with van der Waals surface area (Å²) in [5.74, 6) is -2.21. The third-order valence-electron chi connectivity index (χ3n) is 5.04. The smallest absolute Gasteiger partial charge is 0.408 e. The number of carboxylic acid groups (broad SMARTS) is 1. The fourth-order valence-electron chi connectivity index (χ4n) is 3.41. The zero-order valence-electron chi connectivity index (χ0n) is 21.3. The van der Waals surface area contributed by atoms with Crippen molar-refractivity contribution in [2.75, 3.05) is 0 Å². The molecule has 3 amide bonds. The molecule has 0 saturated heterocycles. The number of hydrogen-bond donors (Lipinski definition) is 4. The Labute approximate surface area is 207 Å². The molecule has 1 aromatic carbocycles. The van der Waals surface area contributed by atoms with E-state index in [2.05, 4.69) is 22.5 Å². The molecule has 0 radical (unpaired) electrons. The van der Waals surface area contributed by atoms with E-state index >= 15 is 0 Å². The van der Waals surface area contributed by atoms with Gasteiger partial charge >= 0.3 is 12.1 Å². The zero-order valence-corrected chi connectivity index (χ0v) is 21.3. The average Bonchev–Trinajstić information content (AvgIpc) is 2.76. The largest absolute Gasteiger partial charge is 0.480 e. The molecule has 0 fully saturated rings. The van der Waals surface area contributed by atoms with Crippen LogP contribution >= 0.6 is 0 Å². The molecule has 1 rings (SSSR count). The third kappa shape index (κ3) is 12.1. The Bertz CT molecular complexity index is 869. The molecule has 0 bridgehead atoms. The summed E-state index contributed by atoms with van der Waals surface area (Å²) >= 11 is 0. The lowest BCUT2D eigenvalue weighted by atomic mass is 9.99. The van der Waals surface area contributed by atoms with Gasteiger partial charge in [-0.3, -0.25) is 9.59 Å². The first-order valence-electron chi connectivity index (χ1n) is 11.8. The Morgan fingerprint density at radius 2 is 1.34 bits per heavy atom. The number of carboxylic acids is 1. The second-order valence-electron chi connectivity index (χ2n) is 9.64. The predicted octanol–water partition coefficient (Wildman–Crippen LogP) is 3.39. The van der Waals surface area contributed by atoms with Crippen LogP contribution in [-0.4, -0.2) is 47.1 Å². The monoisotopic (exact) mass is 489 g/mol. The van der Waals surface area contributed by atoms with Crippen molar-refractivity contribution in [3.05, 3.63) is 48.0 Å². The SMILES string of the molecule is C=C(C)CC(NC(=O)[C@H](CC(C)C)NC(=O)[C@H](CC(C)C)NC(=O)OCc1ccccc1)C(=O)O. The normalized spacial score (nSPS) is 13.5. The van der Waals surface area contributed by atoms with Crippen molar-refractivity contribution in [1.29, 1.82) is 0 Å². The van der Waals surface area contributed by atoms with Gasteiger partial charge in [0, 0.05) is 0 Å². The van der Waals surface area contributed by atoms with Crippen molar-refractivity contribution in [3.63, 3.8) is 0 Å².